The Hall–Kier alpha value is -0.810. The fourth-order valence-electron chi connectivity index (χ4n) is 3.75. The zero-order valence-corrected chi connectivity index (χ0v) is 15.4. The molecular formula is C18H24Cl2N2O2. The highest BCUT2D eigenvalue weighted by Crippen LogP contribution is 2.35. The highest BCUT2D eigenvalue weighted by molar-refractivity contribution is 6.42. The van der Waals surface area contributed by atoms with Crippen molar-refractivity contribution in [1.29, 1.82) is 0 Å². The Bertz CT molecular complexity index is 621. The minimum Gasteiger partial charge on any atom is -0.370 e. The second kappa shape index (κ2) is 7.20. The molecule has 1 aromatic carbocycles. The van der Waals surface area contributed by atoms with Gasteiger partial charge in [0.2, 0.25) is 5.91 Å². The summed E-state index contributed by atoms with van der Waals surface area (Å²) in [6.07, 6.45) is 3.78. The number of nitrogens with two attached hydrogens (primary N) is 1. The van der Waals surface area contributed by atoms with Crippen LogP contribution in [0, 0.1) is 5.92 Å². The molecule has 1 aromatic rings. The van der Waals surface area contributed by atoms with Crippen LogP contribution in [0.25, 0.3) is 0 Å². The summed E-state index contributed by atoms with van der Waals surface area (Å²) in [5.74, 6) is 0.0619. The van der Waals surface area contributed by atoms with Gasteiger partial charge >= 0.3 is 0 Å². The van der Waals surface area contributed by atoms with Crippen LogP contribution in [0.4, 0.5) is 0 Å². The molecule has 2 N–H and O–H groups in total. The summed E-state index contributed by atoms with van der Waals surface area (Å²) in [6.45, 7) is 3.67. The SMILES string of the molecule is CC1(N)CCCCC1C(=O)N1CCOC(c2ccc(Cl)c(Cl)c2)C1. The number of carbonyl (C=O) groups is 1. The standard InChI is InChI=1S/C18H24Cl2N2O2/c1-18(21)7-3-2-4-13(18)17(23)22-8-9-24-16(11-22)12-5-6-14(19)15(20)10-12/h5-6,10,13,16H,2-4,7-9,11,21H2,1H3. The zero-order valence-electron chi connectivity index (χ0n) is 13.9. The molecule has 0 bridgehead atoms. The molecule has 3 rings (SSSR count). The maximum atomic E-state index is 13.0. The first-order valence-electron chi connectivity index (χ1n) is 8.53. The number of nitrogens with zero attached hydrogens (tertiary/aromatic N) is 1. The van der Waals surface area contributed by atoms with E-state index in [-0.39, 0.29) is 17.9 Å². The Balaban J connectivity index is 1.73. The summed E-state index contributed by atoms with van der Waals surface area (Å²) in [5.41, 5.74) is 6.94. The van der Waals surface area contributed by atoms with Crippen molar-refractivity contribution >= 4 is 29.1 Å². The molecule has 0 spiro atoms. The van der Waals surface area contributed by atoms with E-state index in [1.807, 2.05) is 24.0 Å². The van der Waals surface area contributed by atoms with Crippen molar-refractivity contribution in [2.75, 3.05) is 19.7 Å². The molecule has 1 saturated carbocycles. The lowest BCUT2D eigenvalue weighted by atomic mass is 9.74. The van der Waals surface area contributed by atoms with Gasteiger partial charge in [-0.05, 0) is 37.5 Å². The predicted molar refractivity (Wildman–Crippen MR) is 96.3 cm³/mol. The van der Waals surface area contributed by atoms with Gasteiger partial charge in [-0.3, -0.25) is 4.79 Å². The number of ether oxygens (including phenoxy) is 1. The first-order valence-corrected chi connectivity index (χ1v) is 9.28. The predicted octanol–water partition coefficient (Wildman–Crippen LogP) is 3.80. The largest absolute Gasteiger partial charge is 0.370 e. The van der Waals surface area contributed by atoms with E-state index in [2.05, 4.69) is 0 Å². The third-order valence-electron chi connectivity index (χ3n) is 5.25. The monoisotopic (exact) mass is 370 g/mol. The van der Waals surface area contributed by atoms with Crippen LogP contribution in [0.5, 0.6) is 0 Å². The third-order valence-corrected chi connectivity index (χ3v) is 5.98. The number of hydrogen-bond donors (Lipinski definition) is 1. The minimum atomic E-state index is -0.410. The number of hydrogen-bond acceptors (Lipinski definition) is 3. The Morgan fingerprint density at radius 1 is 1.33 bits per heavy atom. The van der Waals surface area contributed by atoms with Crippen LogP contribution in [0.1, 0.15) is 44.3 Å². The smallest absolute Gasteiger partial charge is 0.227 e. The summed E-state index contributed by atoms with van der Waals surface area (Å²) < 4.78 is 5.85. The molecule has 1 amide bonds. The van der Waals surface area contributed by atoms with Gasteiger partial charge < -0.3 is 15.4 Å². The molecule has 1 aliphatic heterocycles. The van der Waals surface area contributed by atoms with Crippen molar-refractivity contribution in [1.82, 2.24) is 4.90 Å². The van der Waals surface area contributed by atoms with Gasteiger partial charge in [0.05, 0.1) is 29.1 Å². The molecule has 6 heteroatoms. The molecule has 3 unspecified atom stereocenters. The highest BCUT2D eigenvalue weighted by Gasteiger charge is 2.41. The number of amides is 1. The van der Waals surface area contributed by atoms with Crippen LogP contribution in [0.2, 0.25) is 10.0 Å². The van der Waals surface area contributed by atoms with Crippen molar-refractivity contribution in [3.63, 3.8) is 0 Å². The van der Waals surface area contributed by atoms with Crippen molar-refractivity contribution in [3.8, 4) is 0 Å². The first-order chi connectivity index (χ1) is 11.4. The Morgan fingerprint density at radius 2 is 2.12 bits per heavy atom. The van der Waals surface area contributed by atoms with Gasteiger partial charge in [-0.1, -0.05) is 42.1 Å². The lowest BCUT2D eigenvalue weighted by molar-refractivity contribution is -0.146. The van der Waals surface area contributed by atoms with Crippen LogP contribution in [-0.4, -0.2) is 36.0 Å². The van der Waals surface area contributed by atoms with Crippen LogP contribution in [0.3, 0.4) is 0 Å². The molecule has 0 radical (unpaired) electrons. The lowest BCUT2D eigenvalue weighted by Crippen LogP contribution is -2.55. The molecular weight excluding hydrogens is 347 g/mol. The summed E-state index contributed by atoms with van der Waals surface area (Å²) in [6, 6.07) is 5.48. The maximum absolute atomic E-state index is 13.0. The van der Waals surface area contributed by atoms with Gasteiger partial charge in [-0.15, -0.1) is 0 Å². The van der Waals surface area contributed by atoms with E-state index in [1.54, 1.807) is 6.07 Å². The molecule has 0 aromatic heterocycles. The van der Waals surface area contributed by atoms with E-state index >= 15 is 0 Å². The molecule has 4 nitrogen and oxygen atoms in total. The molecule has 1 heterocycles. The summed E-state index contributed by atoms with van der Waals surface area (Å²) in [4.78, 5) is 14.9. The molecule has 132 valence electrons. The van der Waals surface area contributed by atoms with Gasteiger partial charge in [0, 0.05) is 12.1 Å². The average Bonchev–Trinajstić information content (AvgIpc) is 2.56. The Morgan fingerprint density at radius 3 is 2.83 bits per heavy atom. The molecule has 1 saturated heterocycles. The van der Waals surface area contributed by atoms with Crippen molar-refractivity contribution in [2.45, 2.75) is 44.2 Å². The second-order valence-electron chi connectivity index (χ2n) is 7.12. The molecule has 1 aliphatic carbocycles. The van der Waals surface area contributed by atoms with Crippen LogP contribution >= 0.6 is 23.2 Å². The van der Waals surface area contributed by atoms with Gasteiger partial charge in [0.25, 0.3) is 0 Å². The van der Waals surface area contributed by atoms with Gasteiger partial charge in [-0.25, -0.2) is 0 Å². The van der Waals surface area contributed by atoms with Crippen molar-refractivity contribution in [3.05, 3.63) is 33.8 Å². The topological polar surface area (TPSA) is 55.6 Å². The van der Waals surface area contributed by atoms with Crippen molar-refractivity contribution in [2.24, 2.45) is 11.7 Å². The number of morpholine rings is 1. The van der Waals surface area contributed by atoms with Crippen LogP contribution in [-0.2, 0) is 9.53 Å². The minimum absolute atomic E-state index is 0.0983. The molecule has 24 heavy (non-hydrogen) atoms. The van der Waals surface area contributed by atoms with Gasteiger partial charge in [0.15, 0.2) is 0 Å². The van der Waals surface area contributed by atoms with E-state index in [1.165, 1.54) is 0 Å². The summed E-state index contributed by atoms with van der Waals surface area (Å²) in [7, 11) is 0. The van der Waals surface area contributed by atoms with Crippen molar-refractivity contribution < 1.29 is 9.53 Å². The number of carbonyl (C=O) groups excluding carboxylic acids is 1. The number of rotatable bonds is 2. The Kier molecular flexibility index (Phi) is 5.40. The third kappa shape index (κ3) is 3.72. The van der Waals surface area contributed by atoms with Crippen LogP contribution < -0.4 is 5.73 Å². The fourth-order valence-corrected chi connectivity index (χ4v) is 4.05. The highest BCUT2D eigenvalue weighted by atomic mass is 35.5. The van der Waals surface area contributed by atoms with E-state index in [0.717, 1.165) is 31.2 Å². The van der Waals surface area contributed by atoms with Crippen LogP contribution in [0.15, 0.2) is 18.2 Å². The molecule has 3 atom stereocenters. The molecule has 2 fully saturated rings. The maximum Gasteiger partial charge on any atom is 0.227 e. The van der Waals surface area contributed by atoms with E-state index in [4.69, 9.17) is 33.7 Å². The van der Waals surface area contributed by atoms with E-state index in [9.17, 15) is 4.79 Å². The second-order valence-corrected chi connectivity index (χ2v) is 7.94. The molecule has 2 aliphatic rings. The Labute approximate surface area is 153 Å². The lowest BCUT2D eigenvalue weighted by Gasteiger charge is -2.42. The first kappa shape index (κ1) is 18.0. The fraction of sp³-hybridized carbons (Fsp3) is 0.611. The summed E-state index contributed by atoms with van der Waals surface area (Å²) >= 11 is 12.1. The van der Waals surface area contributed by atoms with E-state index in [0.29, 0.717) is 29.7 Å². The number of benzene rings is 1. The number of halogens is 2. The van der Waals surface area contributed by atoms with Gasteiger partial charge in [0.1, 0.15) is 6.10 Å². The normalized spacial score (nSPS) is 31.1. The van der Waals surface area contributed by atoms with E-state index < -0.39 is 5.54 Å². The summed E-state index contributed by atoms with van der Waals surface area (Å²) in [5, 5.41) is 1.02. The van der Waals surface area contributed by atoms with Gasteiger partial charge in [-0.2, -0.15) is 0 Å². The quantitative estimate of drug-likeness (QED) is 0.860. The zero-order chi connectivity index (χ0) is 17.3. The average molecular weight is 371 g/mol.